The molecular weight excluding hydrogens is 673 g/mol. The lowest BCUT2D eigenvalue weighted by Crippen LogP contribution is -2.52. The first kappa shape index (κ1) is 33.4. The van der Waals surface area contributed by atoms with E-state index in [4.69, 9.17) is 47.4 Å². The van der Waals surface area contributed by atoms with E-state index in [2.05, 4.69) is 27.7 Å². The van der Waals surface area contributed by atoms with Crippen molar-refractivity contribution in [2.75, 3.05) is 41.0 Å². The summed E-state index contributed by atoms with van der Waals surface area (Å²) in [7, 11) is 5.12. The summed E-state index contributed by atoms with van der Waals surface area (Å²) >= 11 is 14.5. The van der Waals surface area contributed by atoms with Crippen LogP contribution in [0.4, 0.5) is 0 Å². The predicted molar refractivity (Wildman–Crippen MR) is 195 cm³/mol. The molecule has 4 heterocycles. The van der Waals surface area contributed by atoms with E-state index in [1.54, 1.807) is 21.3 Å². The van der Waals surface area contributed by atoms with Crippen LogP contribution in [0, 0.1) is 0 Å². The van der Waals surface area contributed by atoms with Gasteiger partial charge in [0.15, 0.2) is 0 Å². The smallest absolute Gasteiger partial charge is 0.220 e. The number of amides is 1. The van der Waals surface area contributed by atoms with Gasteiger partial charge in [-0.05, 0) is 55.4 Å². The van der Waals surface area contributed by atoms with Crippen LogP contribution in [0.15, 0.2) is 48.5 Å². The second-order valence-electron chi connectivity index (χ2n) is 13.7. The summed E-state index contributed by atoms with van der Waals surface area (Å²) in [6.07, 6.45) is 5.55. The van der Waals surface area contributed by atoms with Crippen molar-refractivity contribution in [3.05, 3.63) is 80.8 Å². The van der Waals surface area contributed by atoms with E-state index < -0.39 is 0 Å². The maximum atomic E-state index is 11.7. The monoisotopic (exact) mass is 713 g/mol. The fourth-order valence-electron chi connectivity index (χ4n) is 8.21. The van der Waals surface area contributed by atoms with E-state index >= 15 is 0 Å². The van der Waals surface area contributed by atoms with Crippen LogP contribution in [0.25, 0.3) is 33.6 Å². The van der Waals surface area contributed by atoms with E-state index in [0.29, 0.717) is 28.2 Å². The number of aromatic nitrogens is 2. The Balaban J connectivity index is 1.09. The summed E-state index contributed by atoms with van der Waals surface area (Å²) in [5.41, 5.74) is 9.49. The molecule has 2 fully saturated rings. The van der Waals surface area contributed by atoms with Crippen molar-refractivity contribution in [3.63, 3.8) is 0 Å². The van der Waals surface area contributed by atoms with Gasteiger partial charge in [0.2, 0.25) is 17.7 Å². The van der Waals surface area contributed by atoms with E-state index in [-0.39, 0.29) is 30.1 Å². The third-order valence-electron chi connectivity index (χ3n) is 10.9. The number of carbonyl (C=O) groups is 1. The van der Waals surface area contributed by atoms with Crippen molar-refractivity contribution in [1.29, 1.82) is 0 Å². The van der Waals surface area contributed by atoms with Gasteiger partial charge in [0.25, 0.3) is 0 Å². The molecule has 8 rings (SSSR count). The predicted octanol–water partition coefficient (Wildman–Crippen LogP) is 6.98. The number of rotatable bonds is 10. The van der Waals surface area contributed by atoms with Gasteiger partial charge in [0.05, 0.1) is 41.8 Å². The van der Waals surface area contributed by atoms with Gasteiger partial charge in [-0.2, -0.15) is 0 Å². The average Bonchev–Trinajstić information content (AvgIpc) is 3.85. The fraction of sp³-hybridized carbons (Fsp3) is 0.410. The minimum atomic E-state index is 0.110. The lowest BCUT2D eigenvalue weighted by molar-refractivity contribution is -0.119. The Hall–Kier alpha value is -3.73. The molecule has 50 heavy (non-hydrogen) atoms. The number of likely N-dealkylation sites (tertiary alicyclic amines) is 1. The van der Waals surface area contributed by atoms with Crippen LogP contribution in [-0.2, 0) is 22.4 Å². The van der Waals surface area contributed by atoms with Crippen molar-refractivity contribution < 1.29 is 19.0 Å². The molecule has 2 N–H and O–H groups in total. The van der Waals surface area contributed by atoms with E-state index in [1.807, 2.05) is 36.4 Å². The van der Waals surface area contributed by atoms with Crippen molar-refractivity contribution in [2.45, 2.75) is 62.8 Å². The minimum Gasteiger partial charge on any atom is -0.481 e. The fourth-order valence-corrected chi connectivity index (χ4v) is 8.86. The molecule has 2 aromatic carbocycles. The number of hydrogen-bond donors (Lipinski definition) is 2. The molecule has 4 aliphatic rings. The molecule has 2 aromatic heterocycles. The first-order chi connectivity index (χ1) is 24.4. The normalized spacial score (nSPS) is 21.5. The highest BCUT2D eigenvalue weighted by atomic mass is 35.5. The van der Waals surface area contributed by atoms with Gasteiger partial charge in [-0.3, -0.25) is 9.69 Å². The largest absolute Gasteiger partial charge is 0.481 e. The van der Waals surface area contributed by atoms with Gasteiger partial charge >= 0.3 is 0 Å². The number of carbonyl (C=O) groups excluding carboxylic acids is 1. The number of nitrogens with zero attached hydrogens (tertiary/aromatic N) is 3. The molecule has 2 aliphatic heterocycles. The quantitative estimate of drug-likeness (QED) is 0.182. The minimum absolute atomic E-state index is 0.110. The maximum Gasteiger partial charge on any atom is 0.220 e. The Bertz CT molecular complexity index is 1970. The molecular formula is C39H41Cl2N5O4. The molecule has 1 amide bonds. The first-order valence-corrected chi connectivity index (χ1v) is 18.2. The van der Waals surface area contributed by atoms with E-state index in [9.17, 15) is 4.79 Å². The molecule has 3 atom stereocenters. The lowest BCUT2D eigenvalue weighted by Gasteiger charge is -2.42. The summed E-state index contributed by atoms with van der Waals surface area (Å²) < 4.78 is 17.3. The van der Waals surface area contributed by atoms with Crippen LogP contribution in [0.3, 0.4) is 0 Å². The summed E-state index contributed by atoms with van der Waals surface area (Å²) in [5, 5.41) is 7.83. The van der Waals surface area contributed by atoms with Gasteiger partial charge < -0.3 is 24.8 Å². The summed E-state index contributed by atoms with van der Waals surface area (Å²) in [6.45, 7) is 2.57. The molecule has 2 saturated heterocycles. The number of nitrogens with one attached hydrogen (secondary N) is 2. The molecule has 260 valence electrons. The molecule has 0 radical (unpaired) electrons. The number of pyridine rings is 2. The number of methoxy groups -OCH3 is 3. The van der Waals surface area contributed by atoms with Crippen molar-refractivity contribution in [2.24, 2.45) is 0 Å². The highest BCUT2D eigenvalue weighted by molar-refractivity contribution is 6.39. The molecule has 0 bridgehead atoms. The van der Waals surface area contributed by atoms with Crippen LogP contribution < -0.4 is 20.1 Å². The Labute approximate surface area is 302 Å². The third-order valence-corrected chi connectivity index (χ3v) is 11.7. The van der Waals surface area contributed by atoms with Crippen molar-refractivity contribution in [3.8, 4) is 45.4 Å². The molecule has 11 heteroatoms. The van der Waals surface area contributed by atoms with Crippen molar-refractivity contribution in [1.82, 2.24) is 25.5 Å². The number of benzene rings is 2. The zero-order valence-electron chi connectivity index (χ0n) is 28.5. The third kappa shape index (κ3) is 5.93. The Morgan fingerprint density at radius 1 is 0.800 bits per heavy atom. The van der Waals surface area contributed by atoms with Crippen LogP contribution >= 0.6 is 23.2 Å². The molecule has 0 saturated carbocycles. The number of hydrogen-bond acceptors (Lipinski definition) is 8. The number of fused-ring (bicyclic) bond motifs is 2. The molecule has 0 unspecified atom stereocenters. The van der Waals surface area contributed by atoms with Gasteiger partial charge in [0.1, 0.15) is 0 Å². The SMILES string of the molecule is COc1nc(-c2cccc(-c3cccc(-c4cc5c(c(OC)n4)[C@@H](N4CC(OC)C4)CC5)c3Cl)c2Cl)cc2c1[C@@H](NC[C@@H]1CCC(=O)N1)CC2. The van der Waals surface area contributed by atoms with Crippen LogP contribution in [-0.4, -0.2) is 73.9 Å². The number of ether oxygens (including phenoxy) is 3. The second-order valence-corrected chi connectivity index (χ2v) is 14.4. The average molecular weight is 715 g/mol. The highest BCUT2D eigenvalue weighted by Crippen LogP contribution is 2.47. The Kier molecular flexibility index (Phi) is 9.20. The van der Waals surface area contributed by atoms with Crippen LogP contribution in [0.5, 0.6) is 11.8 Å². The van der Waals surface area contributed by atoms with Gasteiger partial charge in [-0.1, -0.05) is 59.6 Å². The van der Waals surface area contributed by atoms with Gasteiger partial charge in [-0.25, -0.2) is 9.97 Å². The maximum absolute atomic E-state index is 11.7. The lowest BCUT2D eigenvalue weighted by atomic mass is 9.96. The zero-order chi connectivity index (χ0) is 34.5. The first-order valence-electron chi connectivity index (χ1n) is 17.4. The van der Waals surface area contributed by atoms with Gasteiger partial charge in [0, 0.05) is 84.7 Å². The summed E-state index contributed by atoms with van der Waals surface area (Å²) in [4.78, 5) is 24.1. The molecule has 0 spiro atoms. The molecule has 9 nitrogen and oxygen atoms in total. The van der Waals surface area contributed by atoms with Crippen LogP contribution in [0.2, 0.25) is 10.0 Å². The summed E-state index contributed by atoms with van der Waals surface area (Å²) in [5.74, 6) is 1.37. The van der Waals surface area contributed by atoms with E-state index in [1.165, 1.54) is 16.7 Å². The van der Waals surface area contributed by atoms with Crippen LogP contribution in [0.1, 0.15) is 60.0 Å². The Morgan fingerprint density at radius 2 is 1.38 bits per heavy atom. The zero-order valence-corrected chi connectivity index (χ0v) is 30.0. The highest BCUT2D eigenvalue weighted by Gasteiger charge is 2.39. The summed E-state index contributed by atoms with van der Waals surface area (Å²) in [6, 6.07) is 16.8. The van der Waals surface area contributed by atoms with Gasteiger partial charge in [-0.15, -0.1) is 0 Å². The topological polar surface area (TPSA) is 97.8 Å². The number of halogens is 2. The number of aryl methyl sites for hydroxylation is 2. The van der Waals surface area contributed by atoms with E-state index in [0.717, 1.165) is 90.9 Å². The molecule has 2 aliphatic carbocycles. The molecule has 4 aromatic rings. The standard InChI is InChI=1S/C39H41Cl2N5O4/c1-48-24-19-46(20-24)32-14-11-22-17-31(45-39(50-3)35(22)32)28-9-5-7-26(37(28)41)25-6-4-8-27(36(25)40)30-16-21-10-13-29(34(21)38(44-30)49-2)42-18-23-12-15-33(47)43-23/h4-9,16-17,23-24,29,32,42H,10-15,18-20H2,1-3H3,(H,43,47)/t23-,29-,32-/m0/s1. The second kappa shape index (κ2) is 13.8. The Morgan fingerprint density at radius 3 is 1.96 bits per heavy atom. The van der Waals surface area contributed by atoms with Crippen molar-refractivity contribution >= 4 is 29.1 Å².